The summed E-state index contributed by atoms with van der Waals surface area (Å²) in [5, 5.41) is 10.2. The Morgan fingerprint density at radius 3 is 2.94 bits per heavy atom. The van der Waals surface area contributed by atoms with Crippen LogP contribution in [0.1, 0.15) is 29.5 Å². The molecule has 16 heavy (non-hydrogen) atoms. The van der Waals surface area contributed by atoms with Crippen molar-refractivity contribution in [3.8, 4) is 0 Å². The van der Waals surface area contributed by atoms with E-state index in [1.807, 2.05) is 11.0 Å². The summed E-state index contributed by atoms with van der Waals surface area (Å²) in [6, 6.07) is 1.87. The van der Waals surface area contributed by atoms with Crippen LogP contribution in [0.15, 0.2) is 6.07 Å². The van der Waals surface area contributed by atoms with Crippen LogP contribution in [0.25, 0.3) is 0 Å². The number of hydrogen-bond acceptors (Lipinski definition) is 3. The fourth-order valence-corrected chi connectivity index (χ4v) is 1.90. The van der Waals surface area contributed by atoms with E-state index in [1.54, 1.807) is 0 Å². The first kappa shape index (κ1) is 11.1. The van der Waals surface area contributed by atoms with Crippen molar-refractivity contribution in [2.75, 3.05) is 26.2 Å². The van der Waals surface area contributed by atoms with Crippen LogP contribution in [-0.4, -0.2) is 47.2 Å². The number of carbonyl (C=O) groups is 1. The Kier molecular flexibility index (Phi) is 3.56. The lowest BCUT2D eigenvalue weighted by Gasteiger charge is -2.26. The third-order valence-electron chi connectivity index (χ3n) is 2.77. The first-order valence-electron chi connectivity index (χ1n) is 5.85. The van der Waals surface area contributed by atoms with Crippen molar-refractivity contribution in [3.63, 3.8) is 0 Å². The molecule has 1 aliphatic rings. The van der Waals surface area contributed by atoms with E-state index in [2.05, 4.69) is 22.4 Å². The van der Waals surface area contributed by atoms with E-state index in [1.165, 1.54) is 0 Å². The van der Waals surface area contributed by atoms with Gasteiger partial charge in [0.2, 0.25) is 0 Å². The molecule has 2 heterocycles. The monoisotopic (exact) mass is 222 g/mol. The minimum atomic E-state index is 0.0418. The second-order valence-corrected chi connectivity index (χ2v) is 4.07. The van der Waals surface area contributed by atoms with Crippen molar-refractivity contribution >= 4 is 5.91 Å². The van der Waals surface area contributed by atoms with E-state index in [9.17, 15) is 4.79 Å². The molecule has 0 spiro atoms. The summed E-state index contributed by atoms with van der Waals surface area (Å²) in [5.74, 6) is 0.0418. The third-order valence-corrected chi connectivity index (χ3v) is 2.77. The van der Waals surface area contributed by atoms with Gasteiger partial charge in [-0.05, 0) is 12.5 Å². The molecule has 0 aliphatic carbocycles. The van der Waals surface area contributed by atoms with Crippen molar-refractivity contribution in [1.29, 1.82) is 0 Å². The zero-order valence-corrected chi connectivity index (χ0v) is 9.62. The van der Waals surface area contributed by atoms with Gasteiger partial charge in [0.25, 0.3) is 5.91 Å². The highest BCUT2D eigenvalue weighted by atomic mass is 16.2. The zero-order chi connectivity index (χ0) is 11.4. The second kappa shape index (κ2) is 5.12. The Hall–Kier alpha value is -1.36. The molecule has 0 aromatic carbocycles. The predicted molar refractivity (Wildman–Crippen MR) is 61.4 cm³/mol. The van der Waals surface area contributed by atoms with Gasteiger partial charge in [0.1, 0.15) is 5.69 Å². The van der Waals surface area contributed by atoms with E-state index in [4.69, 9.17) is 0 Å². The van der Waals surface area contributed by atoms with Gasteiger partial charge in [-0.25, -0.2) is 0 Å². The van der Waals surface area contributed by atoms with Gasteiger partial charge in [-0.15, -0.1) is 0 Å². The van der Waals surface area contributed by atoms with Gasteiger partial charge < -0.3 is 10.2 Å². The molecule has 0 bridgehead atoms. The number of hydrogen-bond donors (Lipinski definition) is 2. The van der Waals surface area contributed by atoms with Crippen molar-refractivity contribution in [1.82, 2.24) is 20.4 Å². The van der Waals surface area contributed by atoms with Crippen LogP contribution in [-0.2, 0) is 6.42 Å². The van der Waals surface area contributed by atoms with E-state index in [0.29, 0.717) is 5.69 Å². The predicted octanol–water partition coefficient (Wildman–Crippen LogP) is 0.408. The van der Waals surface area contributed by atoms with Gasteiger partial charge in [0.05, 0.1) is 0 Å². The molecule has 0 unspecified atom stereocenters. The number of rotatable bonds is 3. The first-order valence-corrected chi connectivity index (χ1v) is 5.85. The summed E-state index contributed by atoms with van der Waals surface area (Å²) < 4.78 is 0. The topological polar surface area (TPSA) is 61.0 Å². The number of piperazine rings is 1. The smallest absolute Gasteiger partial charge is 0.274 e. The summed E-state index contributed by atoms with van der Waals surface area (Å²) in [6.45, 7) is 5.40. The number of aromatic amines is 1. The fourth-order valence-electron chi connectivity index (χ4n) is 1.90. The van der Waals surface area contributed by atoms with E-state index >= 15 is 0 Å². The Labute approximate surface area is 95.2 Å². The molecular formula is C11H18N4O. The quantitative estimate of drug-likeness (QED) is 0.778. The highest BCUT2D eigenvalue weighted by Crippen LogP contribution is 2.06. The van der Waals surface area contributed by atoms with Crippen LogP contribution in [0.5, 0.6) is 0 Å². The van der Waals surface area contributed by atoms with Crippen LogP contribution in [0.2, 0.25) is 0 Å². The van der Waals surface area contributed by atoms with Crippen LogP contribution >= 0.6 is 0 Å². The first-order chi connectivity index (χ1) is 7.81. The molecule has 1 aliphatic heterocycles. The number of amides is 1. The molecule has 2 rings (SSSR count). The summed E-state index contributed by atoms with van der Waals surface area (Å²) in [7, 11) is 0. The van der Waals surface area contributed by atoms with Crippen LogP contribution in [0, 0.1) is 0 Å². The van der Waals surface area contributed by atoms with Gasteiger partial charge in [0.15, 0.2) is 0 Å². The third kappa shape index (κ3) is 2.41. The van der Waals surface area contributed by atoms with Crippen LogP contribution in [0.3, 0.4) is 0 Å². The van der Waals surface area contributed by atoms with E-state index < -0.39 is 0 Å². The molecule has 1 aromatic heterocycles. The normalized spacial score (nSPS) is 16.4. The number of nitrogens with one attached hydrogen (secondary N) is 2. The number of H-pyrrole nitrogens is 1. The van der Waals surface area contributed by atoms with Crippen LogP contribution < -0.4 is 5.32 Å². The lowest BCUT2D eigenvalue weighted by atomic mass is 10.2. The van der Waals surface area contributed by atoms with Crippen molar-refractivity contribution < 1.29 is 4.79 Å². The molecule has 1 aromatic rings. The van der Waals surface area contributed by atoms with Gasteiger partial charge in [-0.2, -0.15) is 5.10 Å². The zero-order valence-electron chi connectivity index (χ0n) is 9.62. The van der Waals surface area contributed by atoms with Crippen molar-refractivity contribution in [3.05, 3.63) is 17.5 Å². The van der Waals surface area contributed by atoms with Crippen molar-refractivity contribution in [2.24, 2.45) is 0 Å². The molecule has 0 saturated carbocycles. The average Bonchev–Trinajstić information content (AvgIpc) is 2.78. The van der Waals surface area contributed by atoms with Gasteiger partial charge in [-0.1, -0.05) is 13.3 Å². The molecule has 1 saturated heterocycles. The Bertz CT molecular complexity index is 355. The Morgan fingerprint density at radius 1 is 1.50 bits per heavy atom. The van der Waals surface area contributed by atoms with Gasteiger partial charge >= 0.3 is 0 Å². The molecule has 1 fully saturated rings. The maximum Gasteiger partial charge on any atom is 0.274 e. The molecule has 0 atom stereocenters. The van der Waals surface area contributed by atoms with Gasteiger partial charge in [-0.3, -0.25) is 9.89 Å². The van der Waals surface area contributed by atoms with E-state index in [0.717, 1.165) is 44.7 Å². The SMILES string of the molecule is CCCc1cc(C(=O)N2CCNCC2)n[nH]1. The maximum absolute atomic E-state index is 12.0. The number of nitrogens with zero attached hydrogens (tertiary/aromatic N) is 2. The number of carbonyl (C=O) groups excluding carboxylic acids is 1. The summed E-state index contributed by atoms with van der Waals surface area (Å²) in [4.78, 5) is 13.9. The largest absolute Gasteiger partial charge is 0.335 e. The lowest BCUT2D eigenvalue weighted by Crippen LogP contribution is -2.46. The molecule has 5 heteroatoms. The highest BCUT2D eigenvalue weighted by Gasteiger charge is 2.19. The average molecular weight is 222 g/mol. The molecule has 2 N–H and O–H groups in total. The lowest BCUT2D eigenvalue weighted by molar-refractivity contribution is 0.0730. The maximum atomic E-state index is 12.0. The molecule has 0 radical (unpaired) electrons. The Morgan fingerprint density at radius 2 is 2.25 bits per heavy atom. The molecule has 5 nitrogen and oxygen atoms in total. The summed E-state index contributed by atoms with van der Waals surface area (Å²) in [6.07, 6.45) is 2.01. The summed E-state index contributed by atoms with van der Waals surface area (Å²) in [5.41, 5.74) is 1.59. The Balaban J connectivity index is 2.01. The minimum Gasteiger partial charge on any atom is -0.335 e. The summed E-state index contributed by atoms with van der Waals surface area (Å²) >= 11 is 0. The number of aromatic nitrogens is 2. The molecular weight excluding hydrogens is 204 g/mol. The second-order valence-electron chi connectivity index (χ2n) is 4.07. The minimum absolute atomic E-state index is 0.0418. The molecule has 1 amide bonds. The molecule has 88 valence electrons. The highest BCUT2D eigenvalue weighted by molar-refractivity contribution is 5.92. The van der Waals surface area contributed by atoms with Gasteiger partial charge in [0, 0.05) is 31.9 Å². The van der Waals surface area contributed by atoms with Crippen LogP contribution in [0.4, 0.5) is 0 Å². The standard InChI is InChI=1S/C11H18N4O/c1-2-3-9-8-10(14-13-9)11(16)15-6-4-12-5-7-15/h8,12H,2-7H2,1H3,(H,13,14). The van der Waals surface area contributed by atoms with Crippen molar-refractivity contribution in [2.45, 2.75) is 19.8 Å². The van der Waals surface area contributed by atoms with E-state index in [-0.39, 0.29) is 5.91 Å². The number of aryl methyl sites for hydroxylation is 1. The fraction of sp³-hybridized carbons (Fsp3) is 0.636.